The van der Waals surface area contributed by atoms with E-state index >= 15 is 0 Å². The predicted molar refractivity (Wildman–Crippen MR) is 143 cm³/mol. The molecular weight excluding hydrogens is 454 g/mol. The highest BCUT2D eigenvalue weighted by molar-refractivity contribution is 8.23. The second kappa shape index (κ2) is 12.1. The second-order valence-electron chi connectivity index (χ2n) is 9.94. The van der Waals surface area contributed by atoms with E-state index in [1.165, 1.54) is 5.56 Å². The van der Waals surface area contributed by atoms with Crippen LogP contribution in [0.1, 0.15) is 60.5 Å². The largest absolute Gasteiger partial charge is 0.416 e. The molecule has 0 radical (unpaired) electrons. The van der Waals surface area contributed by atoms with E-state index in [-0.39, 0.29) is 11.9 Å². The lowest BCUT2D eigenvalue weighted by atomic mass is 9.99. The van der Waals surface area contributed by atoms with Gasteiger partial charge in [-0.05, 0) is 35.0 Å². The molecule has 0 saturated carbocycles. The van der Waals surface area contributed by atoms with Crippen molar-refractivity contribution in [2.45, 2.75) is 90.1 Å². The predicted octanol–water partition coefficient (Wildman–Crippen LogP) is 6.04. The number of carbonyl (C=O) groups is 1. The Hall–Kier alpha value is -0.733. The summed E-state index contributed by atoms with van der Waals surface area (Å²) in [5.41, 5.74) is 2.68. The Morgan fingerprint density at radius 1 is 1.12 bits per heavy atom. The van der Waals surface area contributed by atoms with Gasteiger partial charge in [-0.25, -0.2) is 0 Å². The lowest BCUT2D eigenvalue weighted by Crippen LogP contribution is -2.49. The molecule has 0 aliphatic carbocycles. The van der Waals surface area contributed by atoms with E-state index in [1.807, 2.05) is 25.1 Å². The molecule has 0 unspecified atom stereocenters. The molecular formula is C25H41NO3S2Si. The first-order chi connectivity index (χ1) is 15.0. The lowest BCUT2D eigenvalue weighted by molar-refractivity contribution is -0.135. The molecule has 1 fully saturated rings. The zero-order chi connectivity index (χ0) is 24.1. The molecule has 0 spiro atoms. The molecule has 1 aromatic rings. The van der Waals surface area contributed by atoms with Gasteiger partial charge in [0.05, 0.1) is 18.1 Å². The van der Waals surface area contributed by atoms with Gasteiger partial charge in [0.2, 0.25) is 5.91 Å². The summed E-state index contributed by atoms with van der Waals surface area (Å²) in [7, 11) is -1.98. The number of hydrogen-bond donors (Lipinski definition) is 1. The number of amides is 1. The Labute approximate surface area is 205 Å². The minimum atomic E-state index is -1.98. The molecule has 1 aliphatic heterocycles. The number of carbonyl (C=O) groups excluding carboxylic acids is 1. The normalized spacial score (nSPS) is 19.3. The number of hydrogen-bond acceptors (Lipinski definition) is 5. The van der Waals surface area contributed by atoms with Crippen LogP contribution >= 0.6 is 24.0 Å². The lowest BCUT2D eigenvalue weighted by Gasteiger charge is -2.42. The van der Waals surface area contributed by atoms with Crippen LogP contribution in [-0.4, -0.2) is 53.1 Å². The molecule has 1 aliphatic rings. The summed E-state index contributed by atoms with van der Waals surface area (Å²) in [4.78, 5) is 15.1. The third kappa shape index (κ3) is 6.23. The fourth-order valence-electron chi connectivity index (χ4n) is 5.26. The van der Waals surface area contributed by atoms with Crippen LogP contribution in [0.4, 0.5) is 0 Å². The molecule has 7 heteroatoms. The van der Waals surface area contributed by atoms with Gasteiger partial charge in [-0.15, -0.1) is 0 Å². The maximum atomic E-state index is 13.3. The van der Waals surface area contributed by atoms with Gasteiger partial charge in [0.1, 0.15) is 4.32 Å². The number of thiocarbonyl (C=S) groups is 1. The summed E-state index contributed by atoms with van der Waals surface area (Å²) in [5, 5.41) is 10.9. The summed E-state index contributed by atoms with van der Waals surface area (Å²) in [6.07, 6.45) is 0.494. The first kappa shape index (κ1) is 27.5. The molecule has 4 nitrogen and oxygen atoms in total. The Morgan fingerprint density at radius 2 is 1.69 bits per heavy atom. The molecule has 3 atom stereocenters. The Morgan fingerprint density at radius 3 is 2.22 bits per heavy atom. The van der Waals surface area contributed by atoms with Crippen LogP contribution in [0.25, 0.3) is 0 Å². The summed E-state index contributed by atoms with van der Waals surface area (Å²) in [6.45, 7) is 15.9. The van der Waals surface area contributed by atoms with Gasteiger partial charge in [0, 0.05) is 12.4 Å². The first-order valence-electron chi connectivity index (χ1n) is 11.9. The highest BCUT2D eigenvalue weighted by Gasteiger charge is 2.45. The topological polar surface area (TPSA) is 49.8 Å². The van der Waals surface area contributed by atoms with Crippen molar-refractivity contribution in [1.29, 1.82) is 0 Å². The Balaban J connectivity index is 2.00. The highest BCUT2D eigenvalue weighted by Crippen LogP contribution is 2.42. The number of aliphatic hydroxyl groups is 1. The van der Waals surface area contributed by atoms with Gasteiger partial charge in [-0.1, -0.05) is 103 Å². The quantitative estimate of drug-likeness (QED) is 0.300. The third-order valence-corrected chi connectivity index (χ3v) is 14.6. The van der Waals surface area contributed by atoms with Crippen molar-refractivity contribution in [3.8, 4) is 0 Å². The van der Waals surface area contributed by atoms with Crippen LogP contribution in [0.3, 0.4) is 0 Å². The van der Waals surface area contributed by atoms with Crippen LogP contribution in [0.5, 0.6) is 0 Å². The van der Waals surface area contributed by atoms with Crippen LogP contribution in [-0.2, 0) is 15.6 Å². The molecule has 1 heterocycles. The van der Waals surface area contributed by atoms with Gasteiger partial charge in [0.25, 0.3) is 0 Å². The van der Waals surface area contributed by atoms with Gasteiger partial charge in [-0.3, -0.25) is 9.69 Å². The van der Waals surface area contributed by atoms with Crippen molar-refractivity contribution in [3.05, 3.63) is 35.9 Å². The molecule has 1 N–H and O–H groups in total. The van der Waals surface area contributed by atoms with Crippen LogP contribution in [0.2, 0.25) is 16.6 Å². The van der Waals surface area contributed by atoms with E-state index < -0.39 is 20.3 Å². The number of thioether (sulfide) groups is 1. The fourth-order valence-corrected chi connectivity index (χ4v) is 12.2. The summed E-state index contributed by atoms with van der Waals surface area (Å²) >= 11 is 7.06. The van der Waals surface area contributed by atoms with Crippen LogP contribution < -0.4 is 0 Å². The fraction of sp³-hybridized carbons (Fsp3) is 0.680. The smallest absolute Gasteiger partial charge is 0.233 e. The molecule has 180 valence electrons. The third-order valence-electron chi connectivity index (χ3n) is 6.95. The van der Waals surface area contributed by atoms with Crippen molar-refractivity contribution in [3.63, 3.8) is 0 Å². The maximum Gasteiger partial charge on any atom is 0.233 e. The maximum absolute atomic E-state index is 13.3. The molecule has 0 bridgehead atoms. The second-order valence-corrected chi connectivity index (χ2v) is 17.1. The van der Waals surface area contributed by atoms with E-state index in [4.69, 9.17) is 16.6 Å². The first-order valence-corrected chi connectivity index (χ1v) is 15.4. The van der Waals surface area contributed by atoms with Gasteiger partial charge in [0.15, 0.2) is 8.32 Å². The molecule has 1 amide bonds. The summed E-state index contributed by atoms with van der Waals surface area (Å²) in [6, 6.07) is 10.2. The molecule has 0 aromatic heterocycles. The number of nitrogens with zero attached hydrogens (tertiary/aromatic N) is 1. The number of aliphatic hydroxyl groups excluding tert-OH is 1. The van der Waals surface area contributed by atoms with E-state index in [1.54, 1.807) is 16.7 Å². The van der Waals surface area contributed by atoms with E-state index in [0.717, 1.165) is 12.2 Å². The minimum Gasteiger partial charge on any atom is -0.416 e. The van der Waals surface area contributed by atoms with Crippen molar-refractivity contribution >= 4 is 42.5 Å². The molecule has 2 rings (SSSR count). The average molecular weight is 496 g/mol. The van der Waals surface area contributed by atoms with Crippen molar-refractivity contribution in [1.82, 2.24) is 4.90 Å². The summed E-state index contributed by atoms with van der Waals surface area (Å²) in [5.74, 6) is 0.215. The Kier molecular flexibility index (Phi) is 10.4. The zero-order valence-electron chi connectivity index (χ0n) is 20.7. The van der Waals surface area contributed by atoms with Gasteiger partial charge < -0.3 is 9.53 Å². The van der Waals surface area contributed by atoms with E-state index in [2.05, 4.69) is 53.7 Å². The summed E-state index contributed by atoms with van der Waals surface area (Å²) < 4.78 is 7.21. The number of rotatable bonds is 11. The number of benzene rings is 1. The van der Waals surface area contributed by atoms with Crippen LogP contribution in [0.15, 0.2) is 30.3 Å². The monoisotopic (exact) mass is 495 g/mol. The zero-order valence-corrected chi connectivity index (χ0v) is 23.3. The molecule has 32 heavy (non-hydrogen) atoms. The molecule has 1 saturated heterocycles. The van der Waals surface area contributed by atoms with Crippen LogP contribution in [0, 0.1) is 5.92 Å². The minimum absolute atomic E-state index is 0.0381. The molecule has 1 aromatic carbocycles. The SMILES string of the molecule is CC(C)[Si](OCC[C@H](O)[C@@H](C)C(=O)N1C(=S)SC[C@H]1Cc1ccccc1)(C(C)C)C(C)C. The highest BCUT2D eigenvalue weighted by atomic mass is 32.2. The van der Waals surface area contributed by atoms with Crippen molar-refractivity contribution < 1.29 is 14.3 Å². The average Bonchev–Trinajstić information content (AvgIpc) is 3.09. The van der Waals surface area contributed by atoms with Crippen molar-refractivity contribution in [2.75, 3.05) is 12.4 Å². The van der Waals surface area contributed by atoms with E-state index in [0.29, 0.717) is 34.0 Å². The van der Waals surface area contributed by atoms with Crippen molar-refractivity contribution in [2.24, 2.45) is 5.92 Å². The van der Waals surface area contributed by atoms with E-state index in [9.17, 15) is 9.90 Å². The van der Waals surface area contributed by atoms with Gasteiger partial charge >= 0.3 is 0 Å². The van der Waals surface area contributed by atoms with Gasteiger partial charge in [-0.2, -0.15) is 0 Å². The Bertz CT molecular complexity index is 735. The standard InChI is InChI=1S/C25H41NO3S2Si/c1-17(2)32(18(3)4,19(5)6)29-14-13-23(27)20(7)24(28)26-22(16-31-25(26)30)15-21-11-9-8-10-12-21/h8-12,17-20,22-23,27H,13-16H2,1-7H3/t20-,22-,23+/m1/s1.